The number of anilines is 1. The van der Waals surface area contributed by atoms with Crippen molar-refractivity contribution in [1.82, 2.24) is 5.32 Å². The molecule has 2 aromatic rings. The van der Waals surface area contributed by atoms with Crippen LogP contribution in [0.3, 0.4) is 0 Å². The quantitative estimate of drug-likeness (QED) is 0.584. The number of carbonyl (C=O) groups excluding carboxylic acids is 1. The Morgan fingerprint density at radius 3 is 2.17 bits per heavy atom. The van der Waals surface area contributed by atoms with Gasteiger partial charge in [-0.15, -0.1) is 11.8 Å². The fourth-order valence-corrected chi connectivity index (χ4v) is 4.48. The molecular formula is C21H28N2O5S2. The zero-order valence-electron chi connectivity index (χ0n) is 18.1. The lowest BCUT2D eigenvalue weighted by Gasteiger charge is -2.25. The van der Waals surface area contributed by atoms with E-state index in [1.54, 1.807) is 18.7 Å². The van der Waals surface area contributed by atoms with Gasteiger partial charge < -0.3 is 14.8 Å². The summed E-state index contributed by atoms with van der Waals surface area (Å²) in [7, 11) is -0.684. The van der Waals surface area contributed by atoms with Gasteiger partial charge in [-0.25, -0.2) is 8.42 Å². The number of methoxy groups -OCH3 is 2. The monoisotopic (exact) mass is 452 g/mol. The van der Waals surface area contributed by atoms with E-state index in [2.05, 4.69) is 5.32 Å². The Morgan fingerprint density at radius 2 is 1.70 bits per heavy atom. The van der Waals surface area contributed by atoms with E-state index in [0.717, 1.165) is 16.7 Å². The van der Waals surface area contributed by atoms with Gasteiger partial charge in [0, 0.05) is 17.5 Å². The normalized spacial score (nSPS) is 12.2. The van der Waals surface area contributed by atoms with Crippen LogP contribution in [-0.2, 0) is 10.0 Å². The molecule has 9 heteroatoms. The largest absolute Gasteiger partial charge is 0.493 e. The maximum atomic E-state index is 13.2. The minimum Gasteiger partial charge on any atom is -0.493 e. The summed E-state index contributed by atoms with van der Waals surface area (Å²) in [6, 6.07) is 10.6. The molecule has 0 spiro atoms. The molecule has 0 aromatic heterocycles. The van der Waals surface area contributed by atoms with Crippen molar-refractivity contribution < 1.29 is 22.7 Å². The van der Waals surface area contributed by atoms with Crippen molar-refractivity contribution in [3.8, 4) is 11.5 Å². The number of nitrogens with one attached hydrogen (secondary N) is 1. The molecule has 1 N–H and O–H groups in total. The van der Waals surface area contributed by atoms with Gasteiger partial charge in [0.25, 0.3) is 5.91 Å². The maximum Gasteiger partial charge on any atom is 0.254 e. The fourth-order valence-electron chi connectivity index (χ4n) is 3.09. The summed E-state index contributed by atoms with van der Waals surface area (Å²) in [4.78, 5) is 14.3. The molecule has 164 valence electrons. The van der Waals surface area contributed by atoms with Gasteiger partial charge in [0.05, 0.1) is 37.8 Å². The predicted octanol–water partition coefficient (Wildman–Crippen LogP) is 3.70. The van der Waals surface area contributed by atoms with Crippen molar-refractivity contribution in [3.05, 3.63) is 47.5 Å². The molecule has 7 nitrogen and oxygen atoms in total. The zero-order valence-corrected chi connectivity index (χ0v) is 19.7. The first kappa shape index (κ1) is 23.9. The summed E-state index contributed by atoms with van der Waals surface area (Å²) in [6.45, 7) is 3.75. The molecule has 0 radical (unpaired) electrons. The van der Waals surface area contributed by atoms with Crippen LogP contribution in [0.5, 0.6) is 11.5 Å². The first-order valence-electron chi connectivity index (χ1n) is 9.34. The minimum atomic E-state index is -3.60. The van der Waals surface area contributed by atoms with Crippen molar-refractivity contribution in [2.75, 3.05) is 37.6 Å². The highest BCUT2D eigenvalue weighted by Crippen LogP contribution is 2.36. The van der Waals surface area contributed by atoms with E-state index in [9.17, 15) is 13.2 Å². The van der Waals surface area contributed by atoms with E-state index in [0.29, 0.717) is 11.5 Å². The number of amides is 1. The molecule has 0 aliphatic rings. The second-order valence-electron chi connectivity index (χ2n) is 6.62. The van der Waals surface area contributed by atoms with Crippen LogP contribution in [0, 0.1) is 0 Å². The molecule has 1 atom stereocenters. The van der Waals surface area contributed by atoms with Crippen LogP contribution in [0.1, 0.15) is 35.8 Å². The summed E-state index contributed by atoms with van der Waals surface area (Å²) in [5.41, 5.74) is 1.37. The van der Waals surface area contributed by atoms with Gasteiger partial charge in [0.15, 0.2) is 11.5 Å². The molecule has 0 saturated heterocycles. The smallest absolute Gasteiger partial charge is 0.254 e. The number of hydrogen-bond donors (Lipinski definition) is 1. The SMILES string of the molecule is CCN(c1cc(OC)c(OC)cc1C(=O)N[C@@H](C)c1ccc(SC)cc1)S(C)(=O)=O. The number of sulfonamides is 1. The topological polar surface area (TPSA) is 84.9 Å². The van der Waals surface area contributed by atoms with Crippen LogP contribution in [0.25, 0.3) is 0 Å². The first-order valence-corrected chi connectivity index (χ1v) is 12.4. The highest BCUT2D eigenvalue weighted by atomic mass is 32.2. The molecule has 0 fully saturated rings. The Hall–Kier alpha value is -2.39. The van der Waals surface area contributed by atoms with Gasteiger partial charge in [0.2, 0.25) is 10.0 Å². The number of nitrogens with zero attached hydrogens (tertiary/aromatic N) is 1. The number of carbonyl (C=O) groups is 1. The number of ether oxygens (including phenoxy) is 2. The molecule has 2 rings (SSSR count). The van der Waals surface area contributed by atoms with Crippen molar-refractivity contribution in [1.29, 1.82) is 0 Å². The van der Waals surface area contributed by atoms with E-state index >= 15 is 0 Å². The van der Waals surface area contributed by atoms with Crippen LogP contribution in [0.2, 0.25) is 0 Å². The average molecular weight is 453 g/mol. The molecule has 1 amide bonds. The van der Waals surface area contributed by atoms with Gasteiger partial charge in [-0.3, -0.25) is 9.10 Å². The Morgan fingerprint density at radius 1 is 1.13 bits per heavy atom. The third-order valence-corrected chi connectivity index (χ3v) is 6.67. The minimum absolute atomic E-state index is 0.167. The maximum absolute atomic E-state index is 13.2. The zero-order chi connectivity index (χ0) is 22.5. The Balaban J connectivity index is 2.47. The molecule has 0 aliphatic heterocycles. The summed E-state index contributed by atoms with van der Waals surface area (Å²) in [6.07, 6.45) is 3.10. The molecule has 0 saturated carbocycles. The third-order valence-electron chi connectivity index (χ3n) is 4.67. The second kappa shape index (κ2) is 10.1. The van der Waals surface area contributed by atoms with Gasteiger partial charge >= 0.3 is 0 Å². The van der Waals surface area contributed by atoms with Gasteiger partial charge in [0.1, 0.15) is 0 Å². The van der Waals surface area contributed by atoms with Crippen molar-refractivity contribution >= 4 is 33.4 Å². The van der Waals surface area contributed by atoms with E-state index in [-0.39, 0.29) is 23.8 Å². The van der Waals surface area contributed by atoms with Gasteiger partial charge in [-0.1, -0.05) is 12.1 Å². The number of rotatable bonds is 9. The summed E-state index contributed by atoms with van der Waals surface area (Å²) < 4.78 is 36.4. The standard InChI is InChI=1S/C21H28N2O5S2/c1-7-23(30(6,25)26)18-13-20(28-4)19(27-3)12-17(18)21(24)22-14(2)15-8-10-16(29-5)11-9-15/h8-14H,7H2,1-6H3,(H,22,24)/t14-/m0/s1. The van der Waals surface area contributed by atoms with Gasteiger partial charge in [-0.05, 0) is 43.9 Å². The Bertz CT molecular complexity index is 991. The van der Waals surface area contributed by atoms with Crippen molar-refractivity contribution in [2.45, 2.75) is 24.8 Å². The Kier molecular flexibility index (Phi) is 8.03. The van der Waals surface area contributed by atoms with Crippen LogP contribution in [0.4, 0.5) is 5.69 Å². The molecule has 0 unspecified atom stereocenters. The Labute approximate surface area is 182 Å². The lowest BCUT2D eigenvalue weighted by molar-refractivity contribution is 0.0940. The van der Waals surface area contributed by atoms with Crippen LogP contribution in [-0.4, -0.2) is 47.6 Å². The van der Waals surface area contributed by atoms with Crippen molar-refractivity contribution in [3.63, 3.8) is 0 Å². The summed E-state index contributed by atoms with van der Waals surface area (Å²) in [5.74, 6) is 0.272. The van der Waals surface area contributed by atoms with E-state index in [1.165, 1.54) is 30.7 Å². The van der Waals surface area contributed by atoms with E-state index in [1.807, 2.05) is 37.4 Å². The fraction of sp³-hybridized carbons (Fsp3) is 0.381. The van der Waals surface area contributed by atoms with E-state index < -0.39 is 15.9 Å². The second-order valence-corrected chi connectivity index (χ2v) is 9.41. The number of hydrogen-bond acceptors (Lipinski definition) is 6. The van der Waals surface area contributed by atoms with Crippen LogP contribution in [0.15, 0.2) is 41.3 Å². The van der Waals surface area contributed by atoms with Crippen LogP contribution >= 0.6 is 11.8 Å². The first-order chi connectivity index (χ1) is 14.2. The number of thioether (sulfide) groups is 1. The lowest BCUT2D eigenvalue weighted by Crippen LogP contribution is -2.33. The summed E-state index contributed by atoms with van der Waals surface area (Å²) >= 11 is 1.64. The van der Waals surface area contributed by atoms with E-state index in [4.69, 9.17) is 9.47 Å². The van der Waals surface area contributed by atoms with Crippen molar-refractivity contribution in [2.24, 2.45) is 0 Å². The predicted molar refractivity (Wildman–Crippen MR) is 122 cm³/mol. The molecule has 0 heterocycles. The molecule has 30 heavy (non-hydrogen) atoms. The highest BCUT2D eigenvalue weighted by Gasteiger charge is 2.26. The molecular weight excluding hydrogens is 424 g/mol. The van der Waals surface area contributed by atoms with Gasteiger partial charge in [-0.2, -0.15) is 0 Å². The number of benzene rings is 2. The highest BCUT2D eigenvalue weighted by molar-refractivity contribution is 7.98. The molecule has 0 aliphatic carbocycles. The third kappa shape index (κ3) is 5.40. The lowest BCUT2D eigenvalue weighted by atomic mass is 10.1. The average Bonchev–Trinajstić information content (AvgIpc) is 2.72. The van der Waals surface area contributed by atoms with Crippen LogP contribution < -0.4 is 19.1 Å². The summed E-state index contributed by atoms with van der Waals surface area (Å²) in [5, 5.41) is 2.95. The molecule has 0 bridgehead atoms. The molecule has 2 aromatic carbocycles.